The van der Waals surface area contributed by atoms with E-state index in [4.69, 9.17) is 4.74 Å². The molecule has 24 heavy (non-hydrogen) atoms. The zero-order chi connectivity index (χ0) is 17.0. The highest BCUT2D eigenvalue weighted by atomic mass is 32.2. The van der Waals surface area contributed by atoms with E-state index >= 15 is 0 Å². The highest BCUT2D eigenvalue weighted by Gasteiger charge is 2.16. The van der Waals surface area contributed by atoms with Crippen LogP contribution < -0.4 is 9.62 Å². The van der Waals surface area contributed by atoms with Crippen molar-refractivity contribution in [1.29, 1.82) is 0 Å². The Labute approximate surface area is 141 Å². The van der Waals surface area contributed by atoms with Crippen LogP contribution in [0.3, 0.4) is 0 Å². The van der Waals surface area contributed by atoms with Crippen molar-refractivity contribution in [2.75, 3.05) is 35.9 Å². The van der Waals surface area contributed by atoms with Crippen molar-refractivity contribution in [3.05, 3.63) is 42.2 Å². The van der Waals surface area contributed by atoms with Crippen LogP contribution in [0.2, 0.25) is 0 Å². The van der Waals surface area contributed by atoms with E-state index in [0.717, 1.165) is 25.1 Å². The number of nitrogens with one attached hydrogen (secondary N) is 1. The highest BCUT2D eigenvalue weighted by molar-refractivity contribution is 7.92. The number of aromatic nitrogens is 2. The number of hydrogen-bond acceptors (Lipinski definition) is 6. The maximum atomic E-state index is 12.4. The van der Waals surface area contributed by atoms with Gasteiger partial charge in [0.05, 0.1) is 36.2 Å². The van der Waals surface area contributed by atoms with Crippen molar-refractivity contribution in [3.63, 3.8) is 0 Å². The Morgan fingerprint density at radius 2 is 1.75 bits per heavy atom. The number of anilines is 2. The molecule has 1 aromatic carbocycles. The van der Waals surface area contributed by atoms with Crippen LogP contribution in [0.15, 0.2) is 41.6 Å². The number of aryl methyl sites for hydroxylation is 1. The van der Waals surface area contributed by atoms with Crippen molar-refractivity contribution in [3.8, 4) is 0 Å². The van der Waals surface area contributed by atoms with Crippen molar-refractivity contribution < 1.29 is 13.2 Å². The molecule has 7 nitrogen and oxygen atoms in total. The standard InChI is InChI=1S/C16H20N4O3S/c1-2-13-3-5-15(6-4-13)24(21,22)19-14-11-17-16(18-12-14)20-7-9-23-10-8-20/h3-6,11-12,19H,2,7-10H2,1H3. The Morgan fingerprint density at radius 3 is 2.33 bits per heavy atom. The van der Waals surface area contributed by atoms with Gasteiger partial charge in [-0.3, -0.25) is 4.72 Å². The molecule has 0 unspecified atom stereocenters. The number of nitrogens with zero attached hydrogens (tertiary/aromatic N) is 3. The second-order valence-corrected chi connectivity index (χ2v) is 7.16. The van der Waals surface area contributed by atoms with E-state index in [1.807, 2.05) is 24.0 Å². The first kappa shape index (κ1) is 16.7. The summed E-state index contributed by atoms with van der Waals surface area (Å²) in [5, 5.41) is 0. The van der Waals surface area contributed by atoms with Gasteiger partial charge in [0.25, 0.3) is 10.0 Å². The maximum Gasteiger partial charge on any atom is 0.261 e. The summed E-state index contributed by atoms with van der Waals surface area (Å²) in [7, 11) is -3.64. The van der Waals surface area contributed by atoms with E-state index in [1.165, 1.54) is 12.4 Å². The predicted molar refractivity (Wildman–Crippen MR) is 91.7 cm³/mol. The fourth-order valence-electron chi connectivity index (χ4n) is 2.42. The normalized spacial score (nSPS) is 15.3. The minimum atomic E-state index is -3.64. The van der Waals surface area contributed by atoms with Gasteiger partial charge in [-0.25, -0.2) is 18.4 Å². The molecule has 0 aliphatic carbocycles. The van der Waals surface area contributed by atoms with Gasteiger partial charge in [0.1, 0.15) is 0 Å². The Bertz CT molecular complexity index is 770. The first-order valence-corrected chi connectivity index (χ1v) is 9.33. The Morgan fingerprint density at radius 1 is 1.12 bits per heavy atom. The summed E-state index contributed by atoms with van der Waals surface area (Å²) in [4.78, 5) is 10.7. The van der Waals surface area contributed by atoms with Gasteiger partial charge in [-0.05, 0) is 24.1 Å². The third kappa shape index (κ3) is 3.82. The zero-order valence-electron chi connectivity index (χ0n) is 13.5. The van der Waals surface area contributed by atoms with E-state index in [1.54, 1.807) is 12.1 Å². The van der Waals surface area contributed by atoms with Gasteiger partial charge in [-0.15, -0.1) is 0 Å². The lowest BCUT2D eigenvalue weighted by Crippen LogP contribution is -2.37. The van der Waals surface area contributed by atoms with Gasteiger partial charge in [0, 0.05) is 13.1 Å². The zero-order valence-corrected chi connectivity index (χ0v) is 14.3. The summed E-state index contributed by atoms with van der Waals surface area (Å²) in [5.41, 5.74) is 1.43. The van der Waals surface area contributed by atoms with Crippen molar-refractivity contribution in [2.24, 2.45) is 0 Å². The molecule has 8 heteroatoms. The first-order valence-electron chi connectivity index (χ1n) is 7.85. The fourth-order valence-corrected chi connectivity index (χ4v) is 3.45. The predicted octanol–water partition coefficient (Wildman–Crippen LogP) is 1.68. The average Bonchev–Trinajstić information content (AvgIpc) is 2.63. The maximum absolute atomic E-state index is 12.4. The van der Waals surface area contributed by atoms with Gasteiger partial charge >= 0.3 is 0 Å². The fraction of sp³-hybridized carbons (Fsp3) is 0.375. The summed E-state index contributed by atoms with van der Waals surface area (Å²) in [6.07, 6.45) is 3.83. The Kier molecular flexibility index (Phi) is 4.96. The molecule has 2 heterocycles. The number of ether oxygens (including phenoxy) is 1. The lowest BCUT2D eigenvalue weighted by Gasteiger charge is -2.26. The number of hydrogen-bond donors (Lipinski definition) is 1. The van der Waals surface area contributed by atoms with Crippen LogP contribution in [0, 0.1) is 0 Å². The second-order valence-electron chi connectivity index (χ2n) is 5.47. The molecule has 3 rings (SSSR count). The summed E-state index contributed by atoms with van der Waals surface area (Å²) in [5.74, 6) is 0.577. The summed E-state index contributed by atoms with van der Waals surface area (Å²) >= 11 is 0. The van der Waals surface area contributed by atoms with E-state index in [0.29, 0.717) is 24.8 Å². The molecule has 0 amide bonds. The number of morpholine rings is 1. The monoisotopic (exact) mass is 348 g/mol. The van der Waals surface area contributed by atoms with Crippen LogP contribution in [0.5, 0.6) is 0 Å². The van der Waals surface area contributed by atoms with Crippen LogP contribution in [0.4, 0.5) is 11.6 Å². The van der Waals surface area contributed by atoms with Crippen molar-refractivity contribution in [1.82, 2.24) is 9.97 Å². The number of sulfonamides is 1. The van der Waals surface area contributed by atoms with Crippen molar-refractivity contribution >= 4 is 21.7 Å². The first-order chi connectivity index (χ1) is 11.6. The van der Waals surface area contributed by atoms with Crippen LogP contribution in [0.25, 0.3) is 0 Å². The summed E-state index contributed by atoms with van der Waals surface area (Å²) in [6.45, 7) is 4.77. The van der Waals surface area contributed by atoms with Gasteiger partial charge in [0.15, 0.2) is 0 Å². The minimum Gasteiger partial charge on any atom is -0.378 e. The summed E-state index contributed by atoms with van der Waals surface area (Å²) in [6, 6.07) is 6.83. The summed E-state index contributed by atoms with van der Waals surface area (Å²) < 4.78 is 32.6. The van der Waals surface area contributed by atoms with E-state index < -0.39 is 10.0 Å². The van der Waals surface area contributed by atoms with E-state index in [-0.39, 0.29) is 4.90 Å². The number of benzene rings is 1. The molecule has 0 spiro atoms. The molecule has 1 aliphatic rings. The second kappa shape index (κ2) is 7.14. The molecule has 1 saturated heterocycles. The smallest absolute Gasteiger partial charge is 0.261 e. The Hall–Kier alpha value is -2.19. The molecule has 128 valence electrons. The highest BCUT2D eigenvalue weighted by Crippen LogP contribution is 2.17. The molecular formula is C16H20N4O3S. The lowest BCUT2D eigenvalue weighted by molar-refractivity contribution is 0.122. The molecule has 1 aromatic heterocycles. The molecule has 0 atom stereocenters. The van der Waals surface area contributed by atoms with Crippen LogP contribution in [-0.4, -0.2) is 44.7 Å². The molecule has 0 saturated carbocycles. The lowest BCUT2D eigenvalue weighted by atomic mass is 10.2. The van der Waals surface area contributed by atoms with Crippen LogP contribution in [-0.2, 0) is 21.2 Å². The molecular weight excluding hydrogens is 328 g/mol. The van der Waals surface area contributed by atoms with Gasteiger partial charge < -0.3 is 9.64 Å². The topological polar surface area (TPSA) is 84.4 Å². The average molecular weight is 348 g/mol. The van der Waals surface area contributed by atoms with Crippen LogP contribution >= 0.6 is 0 Å². The molecule has 2 aromatic rings. The SMILES string of the molecule is CCc1ccc(S(=O)(=O)Nc2cnc(N3CCOCC3)nc2)cc1. The molecule has 0 bridgehead atoms. The molecule has 1 fully saturated rings. The Balaban J connectivity index is 1.72. The van der Waals surface area contributed by atoms with Crippen LogP contribution in [0.1, 0.15) is 12.5 Å². The van der Waals surface area contributed by atoms with E-state index in [9.17, 15) is 8.42 Å². The van der Waals surface area contributed by atoms with E-state index in [2.05, 4.69) is 14.7 Å². The molecule has 1 N–H and O–H groups in total. The largest absolute Gasteiger partial charge is 0.378 e. The molecule has 1 aliphatic heterocycles. The van der Waals surface area contributed by atoms with Gasteiger partial charge in [-0.1, -0.05) is 19.1 Å². The minimum absolute atomic E-state index is 0.219. The molecule has 0 radical (unpaired) electrons. The van der Waals surface area contributed by atoms with Gasteiger partial charge in [0.2, 0.25) is 5.95 Å². The quantitative estimate of drug-likeness (QED) is 0.885. The van der Waals surface area contributed by atoms with Gasteiger partial charge in [-0.2, -0.15) is 0 Å². The number of rotatable bonds is 5. The third-order valence-corrected chi connectivity index (χ3v) is 5.22. The third-order valence-electron chi connectivity index (χ3n) is 3.83. The van der Waals surface area contributed by atoms with Crippen molar-refractivity contribution in [2.45, 2.75) is 18.2 Å².